The van der Waals surface area contributed by atoms with E-state index in [1.54, 1.807) is 0 Å². The fourth-order valence-electron chi connectivity index (χ4n) is 0.940. The maximum atomic E-state index is 11.5. The van der Waals surface area contributed by atoms with E-state index >= 15 is 0 Å². The van der Waals surface area contributed by atoms with Crippen LogP contribution in [0.3, 0.4) is 0 Å². The van der Waals surface area contributed by atoms with Crippen LogP contribution in [0.1, 0.15) is 19.9 Å². The van der Waals surface area contributed by atoms with Crippen LogP contribution >= 0.6 is 11.6 Å². The van der Waals surface area contributed by atoms with Gasteiger partial charge >= 0.3 is 0 Å². The van der Waals surface area contributed by atoms with Crippen LogP contribution < -0.4 is 10.3 Å². The summed E-state index contributed by atoms with van der Waals surface area (Å²) in [6, 6.07) is -0.00379. The molecule has 0 aliphatic rings. The number of ether oxygens (including phenoxy) is 1. The number of aromatic nitrogens is 2. The van der Waals surface area contributed by atoms with Gasteiger partial charge in [0, 0.05) is 0 Å². The predicted octanol–water partition coefficient (Wildman–Crippen LogP) is 1.49. The van der Waals surface area contributed by atoms with Crippen LogP contribution in [-0.4, -0.2) is 16.9 Å². The van der Waals surface area contributed by atoms with E-state index in [4.69, 9.17) is 16.3 Å². The van der Waals surface area contributed by atoms with Gasteiger partial charge in [-0.25, -0.2) is 4.68 Å². The van der Waals surface area contributed by atoms with E-state index < -0.39 is 0 Å². The van der Waals surface area contributed by atoms with Gasteiger partial charge in [-0.05, 0) is 13.8 Å². The molecule has 1 heterocycles. The van der Waals surface area contributed by atoms with Gasteiger partial charge in [-0.3, -0.25) is 4.79 Å². The Hall–Kier alpha value is -1.03. The summed E-state index contributed by atoms with van der Waals surface area (Å²) in [4.78, 5) is 11.5. The first kappa shape index (κ1) is 10.1. The summed E-state index contributed by atoms with van der Waals surface area (Å²) in [5, 5.41) is 3.98. The van der Waals surface area contributed by atoms with Crippen molar-refractivity contribution in [1.29, 1.82) is 0 Å². The number of nitrogens with zero attached hydrogens (tertiary/aromatic N) is 2. The van der Waals surface area contributed by atoms with Crippen molar-refractivity contribution < 1.29 is 4.74 Å². The molecule has 0 aromatic carbocycles. The molecule has 0 saturated carbocycles. The standard InChI is InChI=1S/C8H11ClN2O2/c1-5(2)11-8(12)7(9)6(13-3)4-10-11/h4-5H,1-3H3. The Kier molecular flexibility index (Phi) is 2.93. The molecule has 0 spiro atoms. The fourth-order valence-corrected chi connectivity index (χ4v) is 1.15. The number of hydrogen-bond acceptors (Lipinski definition) is 3. The molecule has 1 aromatic rings. The Labute approximate surface area is 81.1 Å². The lowest BCUT2D eigenvalue weighted by atomic mass is 10.4. The Morgan fingerprint density at radius 1 is 1.62 bits per heavy atom. The van der Waals surface area contributed by atoms with E-state index in [-0.39, 0.29) is 16.6 Å². The van der Waals surface area contributed by atoms with Crippen molar-refractivity contribution in [3.8, 4) is 5.75 Å². The third kappa shape index (κ3) is 1.83. The lowest BCUT2D eigenvalue weighted by Gasteiger charge is -2.09. The highest BCUT2D eigenvalue weighted by Crippen LogP contribution is 2.17. The molecule has 4 nitrogen and oxygen atoms in total. The van der Waals surface area contributed by atoms with Gasteiger partial charge in [0.2, 0.25) is 0 Å². The van der Waals surface area contributed by atoms with Gasteiger partial charge < -0.3 is 4.74 Å². The summed E-state index contributed by atoms with van der Waals surface area (Å²) >= 11 is 5.74. The minimum atomic E-state index is -0.323. The smallest absolute Gasteiger partial charge is 0.289 e. The quantitative estimate of drug-likeness (QED) is 0.730. The van der Waals surface area contributed by atoms with E-state index in [0.717, 1.165) is 0 Å². The van der Waals surface area contributed by atoms with Crippen LogP contribution in [0.2, 0.25) is 5.02 Å². The molecule has 0 radical (unpaired) electrons. The van der Waals surface area contributed by atoms with Crippen LogP contribution in [0.25, 0.3) is 0 Å². The summed E-state index contributed by atoms with van der Waals surface area (Å²) in [7, 11) is 1.45. The molecule has 13 heavy (non-hydrogen) atoms. The lowest BCUT2D eigenvalue weighted by Crippen LogP contribution is -2.25. The van der Waals surface area contributed by atoms with Gasteiger partial charge in [0.25, 0.3) is 5.56 Å². The minimum absolute atomic E-state index is 0.00379. The first-order chi connectivity index (χ1) is 6.07. The van der Waals surface area contributed by atoms with Gasteiger partial charge in [-0.1, -0.05) is 11.6 Å². The number of rotatable bonds is 2. The highest BCUT2D eigenvalue weighted by Gasteiger charge is 2.10. The molecule has 0 fully saturated rings. The van der Waals surface area contributed by atoms with Crippen LogP contribution in [0.15, 0.2) is 11.0 Å². The molecule has 0 aliphatic carbocycles. The first-order valence-corrected chi connectivity index (χ1v) is 4.27. The molecule has 72 valence electrons. The molecule has 0 bridgehead atoms. The molecule has 5 heteroatoms. The second-order valence-corrected chi connectivity index (χ2v) is 3.25. The molecule has 1 aromatic heterocycles. The Balaban J connectivity index is 3.32. The molecular formula is C8H11ClN2O2. The zero-order valence-corrected chi connectivity index (χ0v) is 8.50. The van der Waals surface area contributed by atoms with Crippen molar-refractivity contribution >= 4 is 11.6 Å². The van der Waals surface area contributed by atoms with Gasteiger partial charge in [-0.2, -0.15) is 5.10 Å². The van der Waals surface area contributed by atoms with Crippen molar-refractivity contribution in [1.82, 2.24) is 9.78 Å². The topological polar surface area (TPSA) is 44.1 Å². The second kappa shape index (κ2) is 3.79. The zero-order valence-electron chi connectivity index (χ0n) is 7.74. The highest BCUT2D eigenvalue weighted by atomic mass is 35.5. The monoisotopic (exact) mass is 202 g/mol. The Bertz CT molecular complexity index is 360. The van der Waals surface area contributed by atoms with Gasteiger partial charge in [0.15, 0.2) is 10.8 Å². The molecule has 0 amide bonds. The largest absolute Gasteiger partial charge is 0.493 e. The molecule has 0 aliphatic heterocycles. The highest BCUT2D eigenvalue weighted by molar-refractivity contribution is 6.31. The van der Waals surface area contributed by atoms with Crippen LogP contribution in [0.5, 0.6) is 5.75 Å². The van der Waals surface area contributed by atoms with Crippen molar-refractivity contribution in [2.24, 2.45) is 0 Å². The third-order valence-corrected chi connectivity index (χ3v) is 1.97. The normalized spacial score (nSPS) is 10.5. The van der Waals surface area contributed by atoms with Crippen molar-refractivity contribution in [3.05, 3.63) is 21.6 Å². The van der Waals surface area contributed by atoms with Gasteiger partial charge in [0.05, 0.1) is 19.3 Å². The van der Waals surface area contributed by atoms with Gasteiger partial charge in [0.1, 0.15) is 0 Å². The second-order valence-electron chi connectivity index (χ2n) is 2.87. The van der Waals surface area contributed by atoms with E-state index in [0.29, 0.717) is 5.75 Å². The maximum Gasteiger partial charge on any atom is 0.289 e. The van der Waals surface area contributed by atoms with E-state index in [2.05, 4.69) is 5.10 Å². The maximum absolute atomic E-state index is 11.5. The summed E-state index contributed by atoms with van der Waals surface area (Å²) < 4.78 is 6.16. The van der Waals surface area contributed by atoms with Crippen molar-refractivity contribution in [2.45, 2.75) is 19.9 Å². The van der Waals surface area contributed by atoms with Crippen molar-refractivity contribution in [3.63, 3.8) is 0 Å². The fraction of sp³-hybridized carbons (Fsp3) is 0.500. The Morgan fingerprint density at radius 3 is 2.69 bits per heavy atom. The molecule has 0 saturated heterocycles. The molecule has 0 N–H and O–H groups in total. The zero-order chi connectivity index (χ0) is 10.0. The molecule has 1 rings (SSSR count). The summed E-state index contributed by atoms with van der Waals surface area (Å²) in [6.45, 7) is 3.72. The van der Waals surface area contributed by atoms with Crippen LogP contribution in [0.4, 0.5) is 0 Å². The number of methoxy groups -OCH3 is 1. The SMILES string of the molecule is COc1cnn(C(C)C)c(=O)c1Cl. The van der Waals surface area contributed by atoms with Crippen molar-refractivity contribution in [2.75, 3.05) is 7.11 Å². The molecule has 0 atom stereocenters. The van der Waals surface area contributed by atoms with E-state index in [9.17, 15) is 4.79 Å². The minimum Gasteiger partial charge on any atom is -0.493 e. The molecular weight excluding hydrogens is 192 g/mol. The predicted molar refractivity (Wildman–Crippen MR) is 50.4 cm³/mol. The summed E-state index contributed by atoms with van der Waals surface area (Å²) in [5.41, 5.74) is -0.323. The average Bonchev–Trinajstić information content (AvgIpc) is 2.09. The number of halogens is 1. The summed E-state index contributed by atoms with van der Waals surface area (Å²) in [5.74, 6) is 0.309. The van der Waals surface area contributed by atoms with E-state index in [1.165, 1.54) is 18.0 Å². The van der Waals surface area contributed by atoms with Crippen LogP contribution in [-0.2, 0) is 0 Å². The lowest BCUT2D eigenvalue weighted by molar-refractivity contribution is 0.402. The van der Waals surface area contributed by atoms with Gasteiger partial charge in [-0.15, -0.1) is 0 Å². The third-order valence-electron chi connectivity index (χ3n) is 1.62. The van der Waals surface area contributed by atoms with Crippen LogP contribution in [0, 0.1) is 0 Å². The average molecular weight is 203 g/mol. The first-order valence-electron chi connectivity index (χ1n) is 3.89. The number of hydrogen-bond donors (Lipinski definition) is 0. The molecule has 0 unspecified atom stereocenters. The Morgan fingerprint density at radius 2 is 2.23 bits per heavy atom. The van der Waals surface area contributed by atoms with E-state index in [1.807, 2.05) is 13.8 Å². The summed E-state index contributed by atoms with van der Waals surface area (Å²) in [6.07, 6.45) is 1.43.